The molecule has 126 valence electrons. The van der Waals surface area contributed by atoms with Crippen LogP contribution in [0.25, 0.3) is 6.08 Å². The lowest BCUT2D eigenvalue weighted by molar-refractivity contribution is -0.384. The summed E-state index contributed by atoms with van der Waals surface area (Å²) < 4.78 is 0.409. The Morgan fingerprint density at radius 3 is 2.68 bits per heavy atom. The number of halogens is 1. The van der Waals surface area contributed by atoms with Gasteiger partial charge in [0.25, 0.3) is 11.6 Å². The molecule has 0 atom stereocenters. The normalized spacial score (nSPS) is 15.9. The molecular weight excluding hydrogens is 380 g/mol. The molecule has 0 bridgehead atoms. The van der Waals surface area contributed by atoms with Gasteiger partial charge in [0.2, 0.25) is 0 Å². The molecule has 3 rings (SSSR count). The highest BCUT2D eigenvalue weighted by atomic mass is 35.5. The number of amides is 1. The van der Waals surface area contributed by atoms with Crippen molar-refractivity contribution in [2.24, 2.45) is 0 Å². The molecule has 0 saturated carbocycles. The molecule has 1 aliphatic rings. The minimum Gasteiger partial charge on any atom is -0.268 e. The summed E-state index contributed by atoms with van der Waals surface area (Å²) in [5.74, 6) is -0.271. The summed E-state index contributed by atoms with van der Waals surface area (Å²) in [6, 6.07) is 11.5. The summed E-state index contributed by atoms with van der Waals surface area (Å²) >= 11 is 12.6. The van der Waals surface area contributed by atoms with Crippen molar-refractivity contribution in [2.75, 3.05) is 4.90 Å². The van der Waals surface area contributed by atoms with E-state index in [1.807, 2.05) is 31.2 Å². The molecule has 0 unspecified atom stereocenters. The van der Waals surface area contributed by atoms with Gasteiger partial charge in [-0.2, -0.15) is 0 Å². The van der Waals surface area contributed by atoms with Crippen LogP contribution in [0.3, 0.4) is 0 Å². The first-order chi connectivity index (χ1) is 11.9. The SMILES string of the molecule is Cc1ccccc1N1C(=O)/C(=C/c2cc([N+](=O)[O-])ccc2Cl)SC1=S. The summed E-state index contributed by atoms with van der Waals surface area (Å²) in [6.45, 7) is 1.90. The van der Waals surface area contributed by atoms with Gasteiger partial charge < -0.3 is 0 Å². The van der Waals surface area contributed by atoms with E-state index in [2.05, 4.69) is 0 Å². The zero-order valence-electron chi connectivity index (χ0n) is 12.9. The molecule has 1 amide bonds. The third-order valence-electron chi connectivity index (χ3n) is 3.63. The van der Waals surface area contributed by atoms with Crippen LogP contribution in [-0.4, -0.2) is 15.2 Å². The topological polar surface area (TPSA) is 63.5 Å². The van der Waals surface area contributed by atoms with Crippen LogP contribution in [-0.2, 0) is 4.79 Å². The van der Waals surface area contributed by atoms with Crippen LogP contribution in [0.2, 0.25) is 5.02 Å². The number of nitrogens with zero attached hydrogens (tertiary/aromatic N) is 2. The predicted octanol–water partition coefficient (Wildman–Crippen LogP) is 4.96. The molecule has 0 radical (unpaired) electrons. The van der Waals surface area contributed by atoms with Crippen molar-refractivity contribution >= 4 is 63.3 Å². The van der Waals surface area contributed by atoms with E-state index in [-0.39, 0.29) is 11.6 Å². The predicted molar refractivity (Wildman–Crippen MR) is 105 cm³/mol. The van der Waals surface area contributed by atoms with Crippen molar-refractivity contribution in [1.82, 2.24) is 0 Å². The molecule has 1 fully saturated rings. The number of hydrogen-bond acceptors (Lipinski definition) is 5. The van der Waals surface area contributed by atoms with E-state index in [0.29, 0.717) is 19.8 Å². The Kier molecular flexibility index (Phi) is 4.89. The van der Waals surface area contributed by atoms with Crippen LogP contribution >= 0.6 is 35.6 Å². The molecule has 1 aliphatic heterocycles. The number of thioether (sulfide) groups is 1. The van der Waals surface area contributed by atoms with E-state index >= 15 is 0 Å². The monoisotopic (exact) mass is 390 g/mol. The number of benzene rings is 2. The second-order valence-corrected chi connectivity index (χ2v) is 7.35. The number of thiocarbonyl (C=S) groups is 1. The van der Waals surface area contributed by atoms with Gasteiger partial charge in [-0.3, -0.25) is 19.8 Å². The first-order valence-corrected chi connectivity index (χ1v) is 8.76. The van der Waals surface area contributed by atoms with Crippen LogP contribution in [0.5, 0.6) is 0 Å². The fourth-order valence-corrected chi connectivity index (χ4v) is 3.83. The maximum atomic E-state index is 12.8. The highest BCUT2D eigenvalue weighted by molar-refractivity contribution is 8.27. The van der Waals surface area contributed by atoms with Gasteiger partial charge in [0.1, 0.15) is 0 Å². The molecule has 0 N–H and O–H groups in total. The zero-order valence-corrected chi connectivity index (χ0v) is 15.3. The molecule has 1 saturated heterocycles. The lowest BCUT2D eigenvalue weighted by atomic mass is 10.1. The second-order valence-electron chi connectivity index (χ2n) is 5.27. The largest absolute Gasteiger partial charge is 0.270 e. The summed E-state index contributed by atoms with van der Waals surface area (Å²) in [5, 5.41) is 11.3. The smallest absolute Gasteiger partial charge is 0.268 e. The molecule has 0 aromatic heterocycles. The van der Waals surface area contributed by atoms with Crippen LogP contribution in [0, 0.1) is 17.0 Å². The Hall–Kier alpha value is -2.22. The molecule has 0 aliphatic carbocycles. The highest BCUT2D eigenvalue weighted by Gasteiger charge is 2.34. The van der Waals surface area contributed by atoms with Crippen LogP contribution in [0.15, 0.2) is 47.4 Å². The quantitative estimate of drug-likeness (QED) is 0.320. The van der Waals surface area contributed by atoms with E-state index in [1.165, 1.54) is 29.2 Å². The molecule has 2 aromatic rings. The molecule has 8 heteroatoms. The van der Waals surface area contributed by atoms with Gasteiger partial charge >= 0.3 is 0 Å². The Balaban J connectivity index is 2.00. The van der Waals surface area contributed by atoms with Crippen LogP contribution in [0.4, 0.5) is 11.4 Å². The fraction of sp³-hybridized carbons (Fsp3) is 0.0588. The number of nitro benzene ring substituents is 1. The average molecular weight is 391 g/mol. The van der Waals surface area contributed by atoms with Crippen molar-refractivity contribution in [1.29, 1.82) is 0 Å². The standard InChI is InChI=1S/C17H11ClN2O3S2/c1-10-4-2-3-5-14(10)19-16(21)15(25-17(19)24)9-11-8-12(20(22)23)6-7-13(11)18/h2-9H,1H3/b15-9-. The zero-order chi connectivity index (χ0) is 18.1. The lowest BCUT2D eigenvalue weighted by Gasteiger charge is -2.16. The maximum absolute atomic E-state index is 12.8. The van der Waals surface area contributed by atoms with Crippen molar-refractivity contribution in [2.45, 2.75) is 6.92 Å². The van der Waals surface area contributed by atoms with Gasteiger partial charge in [0.05, 0.1) is 15.5 Å². The molecule has 1 heterocycles. The Morgan fingerprint density at radius 2 is 2.00 bits per heavy atom. The van der Waals surface area contributed by atoms with Crippen molar-refractivity contribution in [3.63, 3.8) is 0 Å². The number of carbonyl (C=O) groups is 1. The van der Waals surface area contributed by atoms with Gasteiger partial charge in [-0.1, -0.05) is 53.8 Å². The van der Waals surface area contributed by atoms with Gasteiger partial charge in [-0.25, -0.2) is 0 Å². The first kappa shape index (κ1) is 17.6. The van der Waals surface area contributed by atoms with Gasteiger partial charge in [0, 0.05) is 22.7 Å². The number of para-hydroxylation sites is 1. The minimum atomic E-state index is -0.508. The van der Waals surface area contributed by atoms with Gasteiger partial charge in [0.15, 0.2) is 4.32 Å². The molecule has 5 nitrogen and oxygen atoms in total. The minimum absolute atomic E-state index is 0.0926. The van der Waals surface area contributed by atoms with Crippen molar-refractivity contribution in [3.8, 4) is 0 Å². The molecule has 2 aromatic carbocycles. The number of hydrogen-bond donors (Lipinski definition) is 0. The summed E-state index contributed by atoms with van der Waals surface area (Å²) in [4.78, 5) is 25.0. The van der Waals surface area contributed by atoms with Crippen LogP contribution in [0.1, 0.15) is 11.1 Å². The maximum Gasteiger partial charge on any atom is 0.270 e. The number of nitro groups is 1. The molecule has 0 spiro atoms. The van der Waals surface area contributed by atoms with E-state index in [0.717, 1.165) is 23.0 Å². The Labute approximate surface area is 158 Å². The first-order valence-electron chi connectivity index (χ1n) is 7.16. The third-order valence-corrected chi connectivity index (χ3v) is 5.27. The van der Waals surface area contributed by atoms with E-state index in [9.17, 15) is 14.9 Å². The van der Waals surface area contributed by atoms with Crippen molar-refractivity contribution in [3.05, 3.63) is 73.6 Å². The Morgan fingerprint density at radius 1 is 1.28 bits per heavy atom. The third kappa shape index (κ3) is 3.44. The second kappa shape index (κ2) is 6.95. The number of rotatable bonds is 3. The fourth-order valence-electron chi connectivity index (χ4n) is 2.39. The number of anilines is 1. The van der Waals surface area contributed by atoms with Crippen LogP contribution < -0.4 is 4.90 Å². The number of carbonyl (C=O) groups excluding carboxylic acids is 1. The van der Waals surface area contributed by atoms with E-state index in [4.69, 9.17) is 23.8 Å². The summed E-state index contributed by atoms with van der Waals surface area (Å²) in [7, 11) is 0. The molecule has 25 heavy (non-hydrogen) atoms. The average Bonchev–Trinajstić information content (AvgIpc) is 2.84. The van der Waals surface area contributed by atoms with Crippen molar-refractivity contribution < 1.29 is 9.72 Å². The number of aryl methyl sites for hydroxylation is 1. The Bertz CT molecular complexity index is 943. The molecular formula is C17H11ClN2O3S2. The van der Waals surface area contributed by atoms with Gasteiger partial charge in [-0.15, -0.1) is 0 Å². The van der Waals surface area contributed by atoms with E-state index < -0.39 is 4.92 Å². The van der Waals surface area contributed by atoms with Gasteiger partial charge in [-0.05, 0) is 30.7 Å². The summed E-state index contributed by atoms with van der Waals surface area (Å²) in [6.07, 6.45) is 1.53. The lowest BCUT2D eigenvalue weighted by Crippen LogP contribution is -2.28. The van der Waals surface area contributed by atoms with E-state index in [1.54, 1.807) is 0 Å². The highest BCUT2D eigenvalue weighted by Crippen LogP contribution is 2.38. The summed E-state index contributed by atoms with van der Waals surface area (Å²) in [5.41, 5.74) is 1.96. The number of non-ortho nitro benzene ring substituents is 1.